The van der Waals surface area contributed by atoms with Crippen LogP contribution in [0, 0.1) is 17.2 Å². The van der Waals surface area contributed by atoms with Gasteiger partial charge in [0.05, 0.1) is 6.07 Å². The molecule has 4 heteroatoms. The van der Waals surface area contributed by atoms with E-state index < -0.39 is 0 Å². The van der Waals surface area contributed by atoms with Crippen LogP contribution in [-0.2, 0) is 4.79 Å². The van der Waals surface area contributed by atoms with Crippen molar-refractivity contribution in [2.45, 2.75) is 62.7 Å². The Morgan fingerprint density at radius 3 is 3.00 bits per heavy atom. The van der Waals surface area contributed by atoms with Crippen molar-refractivity contribution in [3.8, 4) is 6.07 Å². The third-order valence-corrected chi connectivity index (χ3v) is 6.09. The Hall–Kier alpha value is -0.950. The summed E-state index contributed by atoms with van der Waals surface area (Å²) in [5.41, 5.74) is 0.946. The second-order valence-corrected chi connectivity index (χ2v) is 7.39. The number of hydrogen-bond donors (Lipinski definition) is 0. The van der Waals surface area contributed by atoms with E-state index >= 15 is 0 Å². The Balaban J connectivity index is 1.66. The topological polar surface area (TPSA) is 44.1 Å². The molecular formula is C16H22N2OS. The summed E-state index contributed by atoms with van der Waals surface area (Å²) in [6, 6.07) is 2.71. The molecule has 0 aromatic carbocycles. The van der Waals surface area contributed by atoms with E-state index in [0.717, 1.165) is 30.9 Å². The zero-order chi connectivity index (χ0) is 13.9. The second kappa shape index (κ2) is 6.22. The van der Waals surface area contributed by atoms with E-state index in [4.69, 9.17) is 5.26 Å². The summed E-state index contributed by atoms with van der Waals surface area (Å²) in [5, 5.41) is 11.1. The smallest absolute Gasteiger partial charge is 0.250 e. The highest BCUT2D eigenvalue weighted by molar-refractivity contribution is 8.03. The van der Waals surface area contributed by atoms with E-state index in [9.17, 15) is 4.79 Å². The van der Waals surface area contributed by atoms with Crippen LogP contribution >= 0.6 is 11.8 Å². The van der Waals surface area contributed by atoms with Crippen LogP contribution in [0.3, 0.4) is 0 Å². The number of carbonyl (C=O) groups is 1. The van der Waals surface area contributed by atoms with Gasteiger partial charge in [0.1, 0.15) is 0 Å². The predicted molar refractivity (Wildman–Crippen MR) is 81.0 cm³/mol. The summed E-state index contributed by atoms with van der Waals surface area (Å²) >= 11 is 1.66. The standard InChI is InChI=1S/C16H22N2OS/c17-8-7-14-10-13(11-20-14)16(19)18-9-3-5-12-4-1-2-6-15(12)18/h11-12,14-15H,1-7,9-10H2. The first kappa shape index (κ1) is 14.0. The van der Waals surface area contributed by atoms with Gasteiger partial charge in [0.25, 0.3) is 5.91 Å². The van der Waals surface area contributed by atoms with Gasteiger partial charge in [0.2, 0.25) is 0 Å². The van der Waals surface area contributed by atoms with Gasteiger partial charge in [-0.15, -0.1) is 11.8 Å². The van der Waals surface area contributed by atoms with Crippen LogP contribution in [0.1, 0.15) is 51.4 Å². The molecule has 1 saturated heterocycles. The fourth-order valence-electron chi connectivity index (χ4n) is 3.94. The summed E-state index contributed by atoms with van der Waals surface area (Å²) < 4.78 is 0. The van der Waals surface area contributed by atoms with Crippen LogP contribution in [0.5, 0.6) is 0 Å². The molecule has 3 atom stereocenters. The Labute approximate surface area is 125 Å². The number of likely N-dealkylation sites (tertiary alicyclic amines) is 1. The highest BCUT2D eigenvalue weighted by atomic mass is 32.2. The van der Waals surface area contributed by atoms with Gasteiger partial charge in [-0.1, -0.05) is 12.8 Å². The van der Waals surface area contributed by atoms with Crippen molar-refractivity contribution in [2.24, 2.45) is 5.92 Å². The summed E-state index contributed by atoms with van der Waals surface area (Å²) in [4.78, 5) is 14.9. The van der Waals surface area contributed by atoms with E-state index in [1.165, 1.54) is 32.1 Å². The Morgan fingerprint density at radius 1 is 1.35 bits per heavy atom. The normalized spacial score (nSPS) is 33.2. The molecule has 3 nitrogen and oxygen atoms in total. The molecule has 3 unspecified atom stereocenters. The maximum atomic E-state index is 12.8. The second-order valence-electron chi connectivity index (χ2n) is 6.22. The van der Waals surface area contributed by atoms with Crippen molar-refractivity contribution in [1.29, 1.82) is 5.26 Å². The number of rotatable bonds is 2. The molecule has 2 heterocycles. The van der Waals surface area contributed by atoms with Gasteiger partial charge in [0.15, 0.2) is 0 Å². The van der Waals surface area contributed by atoms with Gasteiger partial charge in [-0.3, -0.25) is 4.79 Å². The molecule has 2 aliphatic heterocycles. The Morgan fingerprint density at radius 2 is 2.15 bits per heavy atom. The first-order valence-electron chi connectivity index (χ1n) is 7.82. The van der Waals surface area contributed by atoms with E-state index in [2.05, 4.69) is 11.0 Å². The van der Waals surface area contributed by atoms with E-state index in [1.54, 1.807) is 11.8 Å². The molecule has 3 rings (SSSR count). The third-order valence-electron chi connectivity index (χ3n) is 4.95. The van der Waals surface area contributed by atoms with Crippen molar-refractivity contribution in [3.63, 3.8) is 0 Å². The van der Waals surface area contributed by atoms with Crippen LogP contribution in [0.4, 0.5) is 0 Å². The lowest BCUT2D eigenvalue weighted by molar-refractivity contribution is -0.133. The minimum Gasteiger partial charge on any atom is -0.336 e. The predicted octanol–water partition coefficient (Wildman–Crippen LogP) is 3.47. The number of nitrogens with zero attached hydrogens (tertiary/aromatic N) is 2. The summed E-state index contributed by atoms with van der Waals surface area (Å²) in [7, 11) is 0. The van der Waals surface area contributed by atoms with Crippen LogP contribution < -0.4 is 0 Å². The maximum absolute atomic E-state index is 12.8. The zero-order valence-corrected chi connectivity index (χ0v) is 12.7. The number of nitriles is 1. The summed E-state index contributed by atoms with van der Waals surface area (Å²) in [5.74, 6) is 1.00. The number of thioether (sulfide) groups is 1. The van der Waals surface area contributed by atoms with E-state index in [0.29, 0.717) is 17.7 Å². The lowest BCUT2D eigenvalue weighted by Crippen LogP contribution is -2.50. The monoisotopic (exact) mass is 290 g/mol. The molecule has 0 spiro atoms. The van der Waals surface area contributed by atoms with Crippen LogP contribution in [0.25, 0.3) is 0 Å². The highest BCUT2D eigenvalue weighted by Gasteiger charge is 2.37. The number of fused-ring (bicyclic) bond motifs is 1. The SMILES string of the molecule is N#CCC1CC(C(=O)N2CCCC3CCCCC32)=CS1. The van der Waals surface area contributed by atoms with E-state index in [-0.39, 0.29) is 5.91 Å². The molecule has 0 radical (unpaired) electrons. The molecule has 1 aliphatic carbocycles. The lowest BCUT2D eigenvalue weighted by atomic mass is 9.78. The fraction of sp³-hybridized carbons (Fsp3) is 0.750. The molecule has 0 aromatic rings. The number of carbonyl (C=O) groups excluding carboxylic acids is 1. The van der Waals surface area contributed by atoms with Gasteiger partial charge in [0, 0.05) is 29.8 Å². The molecule has 0 N–H and O–H groups in total. The van der Waals surface area contributed by atoms with Crippen molar-refractivity contribution >= 4 is 17.7 Å². The first-order chi connectivity index (χ1) is 9.79. The van der Waals surface area contributed by atoms with Crippen LogP contribution in [-0.4, -0.2) is 28.6 Å². The van der Waals surface area contributed by atoms with Gasteiger partial charge < -0.3 is 4.90 Å². The minimum absolute atomic E-state index is 0.259. The van der Waals surface area contributed by atoms with Crippen molar-refractivity contribution in [1.82, 2.24) is 4.90 Å². The zero-order valence-electron chi connectivity index (χ0n) is 11.9. The minimum atomic E-state index is 0.259. The third kappa shape index (κ3) is 2.74. The van der Waals surface area contributed by atoms with Crippen molar-refractivity contribution in [3.05, 3.63) is 11.0 Å². The quantitative estimate of drug-likeness (QED) is 0.782. The molecular weight excluding hydrogens is 268 g/mol. The van der Waals surface area contributed by atoms with E-state index in [1.807, 2.05) is 5.41 Å². The summed E-state index contributed by atoms with van der Waals surface area (Å²) in [6.45, 7) is 0.935. The van der Waals surface area contributed by atoms with Gasteiger partial charge in [-0.2, -0.15) is 5.26 Å². The molecule has 20 heavy (non-hydrogen) atoms. The highest BCUT2D eigenvalue weighted by Crippen LogP contribution is 2.38. The number of hydrogen-bond acceptors (Lipinski definition) is 3. The molecule has 1 saturated carbocycles. The molecule has 108 valence electrons. The average molecular weight is 290 g/mol. The first-order valence-corrected chi connectivity index (χ1v) is 8.76. The maximum Gasteiger partial charge on any atom is 0.250 e. The largest absolute Gasteiger partial charge is 0.336 e. The van der Waals surface area contributed by atoms with Crippen LogP contribution in [0.15, 0.2) is 11.0 Å². The Bertz CT molecular complexity index is 452. The molecule has 1 amide bonds. The van der Waals surface area contributed by atoms with Gasteiger partial charge >= 0.3 is 0 Å². The van der Waals surface area contributed by atoms with Crippen molar-refractivity contribution < 1.29 is 4.79 Å². The summed E-state index contributed by atoms with van der Waals surface area (Å²) in [6.07, 6.45) is 8.91. The number of piperidine rings is 1. The molecule has 3 aliphatic rings. The van der Waals surface area contributed by atoms with Gasteiger partial charge in [-0.25, -0.2) is 0 Å². The average Bonchev–Trinajstić information content (AvgIpc) is 2.95. The number of amides is 1. The molecule has 0 aromatic heterocycles. The van der Waals surface area contributed by atoms with Gasteiger partial charge in [-0.05, 0) is 43.4 Å². The van der Waals surface area contributed by atoms with Crippen LogP contribution in [0.2, 0.25) is 0 Å². The fourth-order valence-corrected chi connectivity index (χ4v) is 4.94. The molecule has 2 fully saturated rings. The molecule has 0 bridgehead atoms. The Kier molecular flexibility index (Phi) is 4.35. The van der Waals surface area contributed by atoms with Crippen molar-refractivity contribution in [2.75, 3.05) is 6.54 Å². The lowest BCUT2D eigenvalue weighted by Gasteiger charge is -2.44.